The lowest BCUT2D eigenvalue weighted by atomic mass is 10.2. The minimum atomic E-state index is -0.290. The van der Waals surface area contributed by atoms with E-state index in [-0.39, 0.29) is 35.9 Å². The normalized spacial score (nSPS) is 11.9. The molecular weight excluding hydrogens is 526 g/mol. The number of hydrogen-bond acceptors (Lipinski definition) is 5. The Kier molecular flexibility index (Phi) is 10.3. The second-order valence-electron chi connectivity index (χ2n) is 6.89. The zero-order valence-electron chi connectivity index (χ0n) is 18.3. The molecule has 1 unspecified atom stereocenters. The minimum Gasteiger partial charge on any atom is -0.497 e. The third-order valence-electron chi connectivity index (χ3n) is 4.48. The second-order valence-corrected chi connectivity index (χ2v) is 6.89. The first-order valence-corrected chi connectivity index (χ1v) is 10.0. The number of ether oxygens (including phenoxy) is 2. The molecule has 0 radical (unpaired) electrons. The number of aromatic nitrogens is 1. The molecule has 172 valence electrons. The van der Waals surface area contributed by atoms with E-state index in [1.165, 1.54) is 12.1 Å². The fraction of sp³-hybridized carbons (Fsp3) is 0.304. The summed E-state index contributed by atoms with van der Waals surface area (Å²) in [7, 11) is 3.34. The van der Waals surface area contributed by atoms with Gasteiger partial charge < -0.3 is 24.5 Å². The van der Waals surface area contributed by atoms with Crippen molar-refractivity contribution in [2.45, 2.75) is 19.4 Å². The van der Waals surface area contributed by atoms with Gasteiger partial charge in [-0.1, -0.05) is 6.07 Å². The third kappa shape index (κ3) is 7.70. The van der Waals surface area contributed by atoms with Gasteiger partial charge in [0.25, 0.3) is 0 Å². The van der Waals surface area contributed by atoms with Crippen molar-refractivity contribution in [1.29, 1.82) is 0 Å². The number of halogens is 2. The minimum absolute atomic E-state index is 0. The van der Waals surface area contributed by atoms with E-state index in [1.54, 1.807) is 32.6 Å². The van der Waals surface area contributed by atoms with Crippen LogP contribution in [0.15, 0.2) is 64.2 Å². The molecule has 1 atom stereocenters. The van der Waals surface area contributed by atoms with Gasteiger partial charge in [-0.05, 0) is 43.3 Å². The van der Waals surface area contributed by atoms with E-state index in [2.05, 4.69) is 20.6 Å². The van der Waals surface area contributed by atoms with Crippen molar-refractivity contribution < 1.29 is 18.3 Å². The van der Waals surface area contributed by atoms with Crippen LogP contribution in [-0.4, -0.2) is 44.3 Å². The van der Waals surface area contributed by atoms with E-state index < -0.39 is 0 Å². The highest BCUT2D eigenvalue weighted by Crippen LogP contribution is 2.20. The Balaban J connectivity index is 0.00000363. The lowest BCUT2D eigenvalue weighted by Gasteiger charge is -2.18. The van der Waals surface area contributed by atoms with Crippen molar-refractivity contribution in [3.05, 3.63) is 66.3 Å². The number of aliphatic imine (C=N–C) groups is 1. The molecular formula is C23H28FIN4O3. The van der Waals surface area contributed by atoms with Crippen LogP contribution in [-0.2, 0) is 6.42 Å². The second kappa shape index (κ2) is 12.9. The van der Waals surface area contributed by atoms with E-state index in [4.69, 9.17) is 13.9 Å². The summed E-state index contributed by atoms with van der Waals surface area (Å²) in [6, 6.07) is 13.6. The number of guanidine groups is 1. The Morgan fingerprint density at radius 2 is 1.91 bits per heavy atom. The van der Waals surface area contributed by atoms with Crippen LogP contribution < -0.4 is 20.1 Å². The monoisotopic (exact) mass is 554 g/mol. The van der Waals surface area contributed by atoms with Gasteiger partial charge in [-0.15, -0.1) is 24.0 Å². The first-order chi connectivity index (χ1) is 15.1. The quantitative estimate of drug-likeness (QED) is 0.234. The Labute approximate surface area is 204 Å². The molecule has 0 spiro atoms. The van der Waals surface area contributed by atoms with E-state index in [9.17, 15) is 4.39 Å². The highest BCUT2D eigenvalue weighted by molar-refractivity contribution is 14.0. The number of methoxy groups -OCH3 is 1. The van der Waals surface area contributed by atoms with Gasteiger partial charge in [0.2, 0.25) is 5.89 Å². The molecule has 0 bridgehead atoms. The van der Waals surface area contributed by atoms with Crippen LogP contribution in [0.1, 0.15) is 12.6 Å². The zero-order chi connectivity index (χ0) is 22.1. The van der Waals surface area contributed by atoms with Crippen LogP contribution in [0.2, 0.25) is 0 Å². The summed E-state index contributed by atoms with van der Waals surface area (Å²) in [5, 5.41) is 6.49. The summed E-state index contributed by atoms with van der Waals surface area (Å²) in [6.07, 6.45) is 2.20. The van der Waals surface area contributed by atoms with Gasteiger partial charge in [0.05, 0.1) is 19.3 Å². The van der Waals surface area contributed by atoms with Gasteiger partial charge in [-0.3, -0.25) is 4.99 Å². The van der Waals surface area contributed by atoms with Crippen molar-refractivity contribution in [2.24, 2.45) is 4.99 Å². The molecule has 0 saturated carbocycles. The summed E-state index contributed by atoms with van der Waals surface area (Å²) in [5.41, 5.74) is 1.54. The summed E-state index contributed by atoms with van der Waals surface area (Å²) in [5.74, 6) is 2.36. The summed E-state index contributed by atoms with van der Waals surface area (Å²) in [4.78, 5) is 8.67. The molecule has 0 aliphatic heterocycles. The molecule has 3 aromatic rings. The summed E-state index contributed by atoms with van der Waals surface area (Å²) in [6.45, 7) is 3.18. The van der Waals surface area contributed by atoms with E-state index in [0.717, 1.165) is 22.8 Å². The fourth-order valence-electron chi connectivity index (χ4n) is 2.87. The van der Waals surface area contributed by atoms with Crippen LogP contribution in [0, 0.1) is 5.82 Å². The number of rotatable bonds is 9. The van der Waals surface area contributed by atoms with Crippen LogP contribution in [0.25, 0.3) is 11.5 Å². The number of hydrogen-bond donors (Lipinski definition) is 2. The average molecular weight is 554 g/mol. The topological polar surface area (TPSA) is 80.9 Å². The van der Waals surface area contributed by atoms with E-state index in [1.807, 2.05) is 31.2 Å². The molecule has 1 heterocycles. The molecule has 32 heavy (non-hydrogen) atoms. The highest BCUT2D eigenvalue weighted by atomic mass is 127. The maximum absolute atomic E-state index is 13.0. The summed E-state index contributed by atoms with van der Waals surface area (Å²) < 4.78 is 29.7. The van der Waals surface area contributed by atoms with Gasteiger partial charge >= 0.3 is 0 Å². The lowest BCUT2D eigenvalue weighted by Crippen LogP contribution is -2.42. The molecule has 3 rings (SSSR count). The standard InChI is InChI=1S/C23H27FN4O3.HI/c1-16(31-21-6-4-5-20(13-21)29-3)14-27-23(25-2)26-12-11-19-15-30-22(28-19)17-7-9-18(24)10-8-17;/h4-10,13,15-16H,11-12,14H2,1-3H3,(H2,25,26,27);1H. The van der Waals surface area contributed by atoms with Gasteiger partial charge in [0.15, 0.2) is 5.96 Å². The molecule has 9 heteroatoms. The predicted molar refractivity (Wildman–Crippen MR) is 133 cm³/mol. The highest BCUT2D eigenvalue weighted by Gasteiger charge is 2.09. The first kappa shape index (κ1) is 25.4. The predicted octanol–water partition coefficient (Wildman–Crippen LogP) is 4.28. The first-order valence-electron chi connectivity index (χ1n) is 10.0. The maximum atomic E-state index is 13.0. The average Bonchev–Trinajstić information content (AvgIpc) is 3.25. The molecule has 0 saturated heterocycles. The number of benzene rings is 2. The smallest absolute Gasteiger partial charge is 0.226 e. The molecule has 1 aromatic heterocycles. The molecule has 0 aliphatic carbocycles. The van der Waals surface area contributed by atoms with Crippen LogP contribution >= 0.6 is 24.0 Å². The fourth-order valence-corrected chi connectivity index (χ4v) is 2.87. The van der Waals surface area contributed by atoms with Crippen molar-refractivity contribution in [1.82, 2.24) is 15.6 Å². The van der Waals surface area contributed by atoms with Crippen molar-refractivity contribution in [2.75, 3.05) is 27.2 Å². The molecule has 2 N–H and O–H groups in total. The van der Waals surface area contributed by atoms with Crippen LogP contribution in [0.4, 0.5) is 4.39 Å². The number of nitrogens with one attached hydrogen (secondary N) is 2. The molecule has 7 nitrogen and oxygen atoms in total. The van der Waals surface area contributed by atoms with Gasteiger partial charge in [-0.25, -0.2) is 9.37 Å². The van der Waals surface area contributed by atoms with Crippen molar-refractivity contribution in [3.8, 4) is 23.0 Å². The Morgan fingerprint density at radius 3 is 2.62 bits per heavy atom. The van der Waals surface area contributed by atoms with Crippen molar-refractivity contribution in [3.63, 3.8) is 0 Å². The van der Waals surface area contributed by atoms with Crippen molar-refractivity contribution >= 4 is 29.9 Å². The van der Waals surface area contributed by atoms with E-state index >= 15 is 0 Å². The number of oxazole rings is 1. The van der Waals surface area contributed by atoms with Crippen LogP contribution in [0.3, 0.4) is 0 Å². The van der Waals surface area contributed by atoms with Gasteiger partial charge in [0, 0.05) is 31.6 Å². The molecule has 0 fully saturated rings. The third-order valence-corrected chi connectivity index (χ3v) is 4.48. The summed E-state index contributed by atoms with van der Waals surface area (Å²) >= 11 is 0. The molecule has 0 amide bonds. The van der Waals surface area contributed by atoms with Gasteiger partial charge in [-0.2, -0.15) is 0 Å². The largest absolute Gasteiger partial charge is 0.497 e. The Morgan fingerprint density at radius 1 is 1.16 bits per heavy atom. The van der Waals surface area contributed by atoms with Gasteiger partial charge in [0.1, 0.15) is 29.7 Å². The number of nitrogens with zero attached hydrogens (tertiary/aromatic N) is 2. The Bertz CT molecular complexity index is 995. The molecule has 2 aromatic carbocycles. The molecule has 0 aliphatic rings. The maximum Gasteiger partial charge on any atom is 0.226 e. The SMILES string of the molecule is CN=C(NCCc1coc(-c2ccc(F)cc2)n1)NCC(C)Oc1cccc(OC)c1.I. The van der Waals surface area contributed by atoms with Crippen LogP contribution in [0.5, 0.6) is 11.5 Å². The van der Waals surface area contributed by atoms with E-state index in [0.29, 0.717) is 31.4 Å². The Hall–Kier alpha value is -2.82. The zero-order valence-corrected chi connectivity index (χ0v) is 20.6. The lowest BCUT2D eigenvalue weighted by molar-refractivity contribution is 0.223.